The van der Waals surface area contributed by atoms with Crippen molar-refractivity contribution in [3.8, 4) is 0 Å². The van der Waals surface area contributed by atoms with E-state index >= 15 is 0 Å². The maximum absolute atomic E-state index is 12.5. The number of carboxylic acid groups (broad SMARTS) is 1. The molecule has 7 nitrogen and oxygen atoms in total. The van der Waals surface area contributed by atoms with E-state index in [2.05, 4.69) is 4.72 Å². The number of rotatable bonds is 5. The average molecular weight is 368 g/mol. The lowest BCUT2D eigenvalue weighted by Gasteiger charge is -2.29. The van der Waals surface area contributed by atoms with Crippen LogP contribution in [0.2, 0.25) is 0 Å². The van der Waals surface area contributed by atoms with Crippen LogP contribution in [0.4, 0.5) is 5.69 Å². The molecule has 1 fully saturated rings. The highest BCUT2D eigenvalue weighted by atomic mass is 32.2. The van der Waals surface area contributed by atoms with Crippen LogP contribution in [0, 0.1) is 5.41 Å². The van der Waals surface area contributed by atoms with Gasteiger partial charge in [0.1, 0.15) is 11.8 Å². The number of ketones is 1. The first-order valence-corrected chi connectivity index (χ1v) is 9.61. The summed E-state index contributed by atoms with van der Waals surface area (Å²) < 4.78 is 27.3. The zero-order valence-corrected chi connectivity index (χ0v) is 15.5. The van der Waals surface area contributed by atoms with Gasteiger partial charge >= 0.3 is 5.97 Å². The molecular weight excluding hydrogens is 344 g/mol. The SMILES string of the molecule is CC(C)(C)C(NS(=O)(=O)c1ccc(N2CCC(=O)CC2)cc1)C(=O)O. The number of carbonyl (C=O) groups excluding carboxylic acids is 1. The third-order valence-corrected chi connectivity index (χ3v) is 5.66. The molecule has 1 aromatic rings. The topological polar surface area (TPSA) is 104 Å². The van der Waals surface area contributed by atoms with Crippen LogP contribution >= 0.6 is 0 Å². The molecule has 0 bridgehead atoms. The number of anilines is 1. The van der Waals surface area contributed by atoms with Crippen LogP contribution in [0.3, 0.4) is 0 Å². The molecule has 1 atom stereocenters. The molecule has 0 radical (unpaired) electrons. The van der Waals surface area contributed by atoms with E-state index in [1.54, 1.807) is 32.9 Å². The Hall–Kier alpha value is -1.93. The molecule has 25 heavy (non-hydrogen) atoms. The predicted molar refractivity (Wildman–Crippen MR) is 94.1 cm³/mol. The highest BCUT2D eigenvalue weighted by molar-refractivity contribution is 7.89. The summed E-state index contributed by atoms with van der Waals surface area (Å²) in [6.07, 6.45) is 0.987. The molecule has 0 amide bonds. The van der Waals surface area contributed by atoms with Crippen molar-refractivity contribution in [3.05, 3.63) is 24.3 Å². The van der Waals surface area contributed by atoms with Crippen molar-refractivity contribution in [2.24, 2.45) is 5.41 Å². The van der Waals surface area contributed by atoms with E-state index in [0.717, 1.165) is 5.69 Å². The summed E-state index contributed by atoms with van der Waals surface area (Å²) in [6.45, 7) is 6.22. The minimum absolute atomic E-state index is 0.0137. The zero-order chi connectivity index (χ0) is 18.8. The lowest BCUT2D eigenvalue weighted by atomic mass is 9.88. The standard InChI is InChI=1S/C17H24N2O5S/c1-17(2,3)15(16(21)22)18-25(23,24)14-6-4-12(5-7-14)19-10-8-13(20)9-11-19/h4-7,15,18H,8-11H2,1-3H3,(H,21,22). The van der Waals surface area contributed by atoms with Crippen molar-refractivity contribution in [2.75, 3.05) is 18.0 Å². The Morgan fingerprint density at radius 2 is 1.68 bits per heavy atom. The summed E-state index contributed by atoms with van der Waals surface area (Å²) in [7, 11) is -3.95. The fourth-order valence-electron chi connectivity index (χ4n) is 2.67. The molecule has 0 aromatic heterocycles. The molecular formula is C17H24N2O5S. The molecule has 0 spiro atoms. The average Bonchev–Trinajstić information content (AvgIpc) is 2.52. The summed E-state index contributed by atoms with van der Waals surface area (Å²) in [5.74, 6) is -0.979. The Morgan fingerprint density at radius 3 is 2.12 bits per heavy atom. The van der Waals surface area contributed by atoms with Gasteiger partial charge in [-0.1, -0.05) is 20.8 Å². The van der Waals surface area contributed by atoms with Crippen LogP contribution in [-0.2, 0) is 19.6 Å². The molecule has 1 saturated heterocycles. The fourth-order valence-corrected chi connectivity index (χ4v) is 4.07. The molecule has 138 valence electrons. The van der Waals surface area contributed by atoms with E-state index in [-0.39, 0.29) is 10.7 Å². The molecule has 1 unspecified atom stereocenters. The van der Waals surface area contributed by atoms with Crippen molar-refractivity contribution >= 4 is 27.5 Å². The van der Waals surface area contributed by atoms with E-state index in [1.165, 1.54) is 12.1 Å². The van der Waals surface area contributed by atoms with Crippen LogP contribution < -0.4 is 9.62 Å². The monoisotopic (exact) mass is 368 g/mol. The number of piperidine rings is 1. The summed E-state index contributed by atoms with van der Waals surface area (Å²) in [6, 6.07) is 5.03. The van der Waals surface area contributed by atoms with E-state index in [0.29, 0.717) is 25.9 Å². The van der Waals surface area contributed by atoms with Gasteiger partial charge in [-0.25, -0.2) is 8.42 Å². The second kappa shape index (κ2) is 7.13. The largest absolute Gasteiger partial charge is 0.480 e. The van der Waals surface area contributed by atoms with E-state index < -0.39 is 27.4 Å². The number of Topliss-reactive ketones (excluding diaryl/α,β-unsaturated/α-hetero) is 1. The van der Waals surface area contributed by atoms with Gasteiger partial charge in [0.05, 0.1) is 4.90 Å². The fraction of sp³-hybridized carbons (Fsp3) is 0.529. The van der Waals surface area contributed by atoms with E-state index in [1.807, 2.05) is 4.90 Å². The molecule has 0 aliphatic carbocycles. The van der Waals surface area contributed by atoms with Crippen molar-refractivity contribution < 1.29 is 23.1 Å². The molecule has 8 heteroatoms. The number of carbonyl (C=O) groups is 2. The maximum atomic E-state index is 12.5. The number of hydrogen-bond acceptors (Lipinski definition) is 5. The molecule has 1 heterocycles. The number of aliphatic carboxylic acids is 1. The minimum atomic E-state index is -3.95. The van der Waals surface area contributed by atoms with Gasteiger partial charge in [0, 0.05) is 31.6 Å². The molecule has 2 N–H and O–H groups in total. The maximum Gasteiger partial charge on any atom is 0.322 e. The van der Waals surface area contributed by atoms with Crippen LogP contribution in [-0.4, -0.2) is 44.4 Å². The molecule has 0 saturated carbocycles. The smallest absolute Gasteiger partial charge is 0.322 e. The Kier molecular flexibility index (Phi) is 5.53. The summed E-state index contributed by atoms with van der Waals surface area (Å²) in [5, 5.41) is 9.29. The number of benzene rings is 1. The second-order valence-corrected chi connectivity index (χ2v) is 8.99. The van der Waals surface area contributed by atoms with Crippen molar-refractivity contribution in [1.29, 1.82) is 0 Å². The first-order valence-electron chi connectivity index (χ1n) is 8.12. The van der Waals surface area contributed by atoms with Gasteiger partial charge in [-0.05, 0) is 29.7 Å². The number of carboxylic acids is 1. The van der Waals surface area contributed by atoms with Gasteiger partial charge in [-0.2, -0.15) is 4.72 Å². The second-order valence-electron chi connectivity index (χ2n) is 7.28. The van der Waals surface area contributed by atoms with E-state index in [9.17, 15) is 23.1 Å². The van der Waals surface area contributed by atoms with Gasteiger partial charge < -0.3 is 10.0 Å². The van der Waals surface area contributed by atoms with E-state index in [4.69, 9.17) is 0 Å². The number of nitrogens with one attached hydrogen (secondary N) is 1. The highest BCUT2D eigenvalue weighted by Gasteiger charge is 2.35. The Morgan fingerprint density at radius 1 is 1.16 bits per heavy atom. The van der Waals surface area contributed by atoms with Crippen LogP contribution in [0.15, 0.2) is 29.2 Å². The number of hydrogen-bond donors (Lipinski definition) is 2. The van der Waals surface area contributed by atoms with Crippen LogP contribution in [0.25, 0.3) is 0 Å². The Labute approximate surface area is 148 Å². The lowest BCUT2D eigenvalue weighted by molar-refractivity contribution is -0.141. The summed E-state index contributed by atoms with van der Waals surface area (Å²) in [4.78, 5) is 24.7. The van der Waals surface area contributed by atoms with Crippen molar-refractivity contribution in [2.45, 2.75) is 44.6 Å². The van der Waals surface area contributed by atoms with Crippen molar-refractivity contribution in [3.63, 3.8) is 0 Å². The summed E-state index contributed by atoms with van der Waals surface area (Å²) >= 11 is 0. The molecule has 1 aromatic carbocycles. The van der Waals surface area contributed by atoms with Crippen LogP contribution in [0.5, 0.6) is 0 Å². The van der Waals surface area contributed by atoms with Crippen LogP contribution in [0.1, 0.15) is 33.6 Å². The Balaban J connectivity index is 2.17. The number of sulfonamides is 1. The van der Waals surface area contributed by atoms with Gasteiger partial charge in [0.2, 0.25) is 10.0 Å². The predicted octanol–water partition coefficient (Wildman–Crippen LogP) is 1.63. The highest BCUT2D eigenvalue weighted by Crippen LogP contribution is 2.24. The molecule has 2 rings (SSSR count). The third-order valence-electron chi connectivity index (χ3n) is 4.22. The number of nitrogens with zero attached hydrogens (tertiary/aromatic N) is 1. The lowest BCUT2D eigenvalue weighted by Crippen LogP contribution is -2.48. The van der Waals surface area contributed by atoms with Crippen molar-refractivity contribution in [1.82, 2.24) is 4.72 Å². The molecule has 1 aliphatic rings. The van der Waals surface area contributed by atoms with Gasteiger partial charge in [0.25, 0.3) is 0 Å². The van der Waals surface area contributed by atoms with Gasteiger partial charge in [-0.15, -0.1) is 0 Å². The van der Waals surface area contributed by atoms with Gasteiger partial charge in [-0.3, -0.25) is 9.59 Å². The molecule has 1 aliphatic heterocycles. The Bertz CT molecular complexity index is 740. The van der Waals surface area contributed by atoms with Gasteiger partial charge in [0.15, 0.2) is 0 Å². The minimum Gasteiger partial charge on any atom is -0.480 e. The first-order chi connectivity index (χ1) is 11.5. The third kappa shape index (κ3) is 4.79. The summed E-state index contributed by atoms with van der Waals surface area (Å²) in [5.41, 5.74) is 0.0798. The quantitative estimate of drug-likeness (QED) is 0.819. The zero-order valence-electron chi connectivity index (χ0n) is 14.7. The first kappa shape index (κ1) is 19.4. The normalized spacial score (nSPS) is 17.4.